The van der Waals surface area contributed by atoms with Gasteiger partial charge < -0.3 is 63.7 Å². The highest BCUT2D eigenvalue weighted by atomic mass is 32.2. The number of fused-ring (bicyclic) bond motifs is 1. The van der Waals surface area contributed by atoms with E-state index in [2.05, 4.69) is 16.0 Å². The Morgan fingerprint density at radius 3 is 2.19 bits per heavy atom. The summed E-state index contributed by atoms with van der Waals surface area (Å²) in [5.41, 5.74) is 19.7. The molecule has 21 nitrogen and oxygen atoms in total. The molecule has 53 heavy (non-hydrogen) atoms. The summed E-state index contributed by atoms with van der Waals surface area (Å²) in [6.07, 6.45) is -2.42. The molecule has 0 spiro atoms. The lowest BCUT2D eigenvalue weighted by Gasteiger charge is -2.55. The fourth-order valence-corrected chi connectivity index (χ4v) is 6.93. The van der Waals surface area contributed by atoms with E-state index in [-0.39, 0.29) is 37.0 Å². The zero-order valence-corrected chi connectivity index (χ0v) is 30.5. The van der Waals surface area contributed by atoms with E-state index in [0.29, 0.717) is 13.0 Å². The summed E-state index contributed by atoms with van der Waals surface area (Å²) in [5.74, 6) is -8.26. The van der Waals surface area contributed by atoms with Crippen molar-refractivity contribution in [3.8, 4) is 0 Å². The molecule has 14 N–H and O–H groups in total. The average Bonchev–Trinajstić information content (AvgIpc) is 3.08. The molecule has 22 heteroatoms. The molecule has 1 saturated heterocycles. The molecule has 5 amide bonds. The maximum absolute atomic E-state index is 13.3. The molecule has 0 aliphatic carbocycles. The summed E-state index contributed by atoms with van der Waals surface area (Å²) in [4.78, 5) is 100. The lowest BCUT2D eigenvalue weighted by molar-refractivity contribution is -0.192. The minimum atomic E-state index is -1.92. The summed E-state index contributed by atoms with van der Waals surface area (Å²) in [5, 5.41) is 36.2. The average molecular weight is 775 g/mol. The van der Waals surface area contributed by atoms with E-state index in [4.69, 9.17) is 37.5 Å². The van der Waals surface area contributed by atoms with Crippen LogP contribution in [0.25, 0.3) is 0 Å². The monoisotopic (exact) mass is 774 g/mol. The third-order valence-electron chi connectivity index (χ3n) is 8.50. The fraction of sp³-hybridized carbons (Fsp3) is 0.677. The van der Waals surface area contributed by atoms with E-state index in [1.807, 2.05) is 0 Å². The maximum Gasteiger partial charge on any atom is 0.352 e. The molecule has 0 bridgehead atoms. The zero-order chi connectivity index (χ0) is 40.2. The smallest absolute Gasteiger partial charge is 0.352 e. The van der Waals surface area contributed by atoms with Gasteiger partial charge in [-0.1, -0.05) is 13.8 Å². The Morgan fingerprint density at radius 1 is 1.00 bits per heavy atom. The number of methoxy groups -OCH3 is 1. The largest absolute Gasteiger partial charge is 0.480 e. The number of rotatable bonds is 23. The standard InChI is InChI=1S/C31H50N8O13S/c1-14(2)23(37-25(44)16(33)7-5-9-32)26(45)36-18(10-20(35)41)19(40)11-22(43)52-12-15-13-53-30-31(51-3,29(50)39(30)24(15)28(48)49)38-21(42)8-4-6-17(34)27(46)47/h14,16-19,23,30,40H,4-13,32-34H2,1-3H3,(H2,35,41)(H,36,45)(H,37,44)(H,38,42)(H,46,47)(H,48,49)/t16-,17+,18?,19?,23-,30+,31-/m0/s1. The topological polar surface area (TPSA) is 359 Å². The van der Waals surface area contributed by atoms with Crippen molar-refractivity contribution in [1.82, 2.24) is 20.9 Å². The van der Waals surface area contributed by atoms with Crippen molar-refractivity contribution in [3.05, 3.63) is 11.3 Å². The van der Waals surface area contributed by atoms with Gasteiger partial charge in [-0.15, -0.1) is 11.8 Å². The number of carbonyl (C=O) groups excluding carboxylic acids is 6. The Kier molecular flexibility index (Phi) is 17.1. The van der Waals surface area contributed by atoms with E-state index >= 15 is 0 Å². The van der Waals surface area contributed by atoms with Gasteiger partial charge >= 0.3 is 17.9 Å². The van der Waals surface area contributed by atoms with Crippen LogP contribution in [-0.2, 0) is 47.8 Å². The van der Waals surface area contributed by atoms with Gasteiger partial charge in [0.25, 0.3) is 11.6 Å². The molecule has 298 valence electrons. The van der Waals surface area contributed by atoms with Crippen LogP contribution in [0.5, 0.6) is 0 Å². The lowest BCUT2D eigenvalue weighted by atomic mass is 9.97. The Balaban J connectivity index is 2.10. The predicted molar refractivity (Wildman–Crippen MR) is 185 cm³/mol. The Labute approximate surface area is 309 Å². The molecule has 2 heterocycles. The van der Waals surface area contributed by atoms with Gasteiger partial charge in [-0.3, -0.25) is 38.5 Å². The van der Waals surface area contributed by atoms with Gasteiger partial charge in [0.05, 0.1) is 24.6 Å². The first-order chi connectivity index (χ1) is 24.8. The SMILES string of the molecule is CO[C@@]1(NC(=O)CCC[C@@H](N)C(=O)O)C(=O)N2C(C(=O)O)=C(COC(=O)CC(O)C(CC(N)=O)NC(=O)[C@@H](NC(=O)[C@@H](N)CCCN)C(C)C)CS[C@@H]21. The predicted octanol–water partition coefficient (Wildman–Crippen LogP) is -3.86. The second-order valence-corrected chi connectivity index (χ2v) is 14.0. The molecule has 0 aromatic rings. The Bertz CT molecular complexity index is 1450. The Hall–Kier alpha value is -4.35. The van der Waals surface area contributed by atoms with Gasteiger partial charge in [0.15, 0.2) is 0 Å². The molecule has 2 rings (SSSR count). The number of ether oxygens (including phenoxy) is 2. The first-order valence-corrected chi connectivity index (χ1v) is 17.8. The number of carboxylic acids is 2. The lowest BCUT2D eigenvalue weighted by Crippen LogP contribution is -2.80. The van der Waals surface area contributed by atoms with E-state index in [1.165, 1.54) is 0 Å². The number of nitrogens with zero attached hydrogens (tertiary/aromatic N) is 1. The molecular formula is C31H50N8O13S. The third kappa shape index (κ3) is 11.8. The van der Waals surface area contributed by atoms with Gasteiger partial charge in [0.2, 0.25) is 23.6 Å². The van der Waals surface area contributed by atoms with Crippen molar-refractivity contribution in [2.75, 3.05) is 26.0 Å². The van der Waals surface area contributed by atoms with Crippen molar-refractivity contribution in [2.45, 2.75) is 100 Å². The summed E-state index contributed by atoms with van der Waals surface area (Å²) < 4.78 is 10.6. The van der Waals surface area contributed by atoms with Crippen LogP contribution in [0.3, 0.4) is 0 Å². The molecule has 0 radical (unpaired) electrons. The van der Waals surface area contributed by atoms with Crippen molar-refractivity contribution in [1.29, 1.82) is 0 Å². The molecule has 1 fully saturated rings. The van der Waals surface area contributed by atoms with Crippen LogP contribution in [0.4, 0.5) is 0 Å². The number of hydrogen-bond donors (Lipinski definition) is 10. The highest BCUT2D eigenvalue weighted by Crippen LogP contribution is 2.46. The van der Waals surface area contributed by atoms with E-state index in [1.54, 1.807) is 13.8 Å². The van der Waals surface area contributed by atoms with Crippen LogP contribution in [0.15, 0.2) is 11.3 Å². The number of β-lactam (4-membered cyclic amide) rings is 1. The summed E-state index contributed by atoms with van der Waals surface area (Å²) >= 11 is 1.01. The van der Waals surface area contributed by atoms with E-state index in [0.717, 1.165) is 23.8 Å². The molecule has 0 saturated carbocycles. The van der Waals surface area contributed by atoms with Crippen LogP contribution in [-0.4, -0.2) is 135 Å². The van der Waals surface area contributed by atoms with E-state index in [9.17, 15) is 48.6 Å². The van der Waals surface area contributed by atoms with Gasteiger partial charge in [-0.05, 0) is 38.1 Å². The number of aliphatic carboxylic acids is 2. The van der Waals surface area contributed by atoms with Crippen molar-refractivity contribution in [2.24, 2.45) is 28.9 Å². The van der Waals surface area contributed by atoms with Gasteiger partial charge in [0, 0.05) is 31.3 Å². The van der Waals surface area contributed by atoms with Crippen LogP contribution < -0.4 is 38.9 Å². The van der Waals surface area contributed by atoms with Crippen LogP contribution in [0.1, 0.15) is 58.8 Å². The van der Waals surface area contributed by atoms with E-state index < -0.39 is 120 Å². The van der Waals surface area contributed by atoms with Crippen LogP contribution in [0, 0.1) is 5.92 Å². The van der Waals surface area contributed by atoms with Gasteiger partial charge in [0.1, 0.15) is 29.8 Å². The Morgan fingerprint density at radius 2 is 1.64 bits per heavy atom. The molecule has 2 aliphatic rings. The maximum atomic E-state index is 13.3. The number of esters is 1. The first-order valence-electron chi connectivity index (χ1n) is 16.7. The molecule has 0 aromatic carbocycles. The summed E-state index contributed by atoms with van der Waals surface area (Å²) in [6, 6.07) is -4.63. The van der Waals surface area contributed by atoms with Gasteiger partial charge in [-0.25, -0.2) is 4.79 Å². The normalized spacial score (nSPS) is 20.9. The zero-order valence-electron chi connectivity index (χ0n) is 29.7. The number of nitrogens with two attached hydrogens (primary N) is 4. The minimum absolute atomic E-state index is 0.00344. The number of amides is 5. The second kappa shape index (κ2) is 20.2. The number of nitrogens with one attached hydrogen (secondary N) is 3. The van der Waals surface area contributed by atoms with Crippen molar-refractivity contribution < 1.29 is 63.1 Å². The number of hydrogen-bond acceptors (Lipinski definition) is 15. The van der Waals surface area contributed by atoms with Crippen molar-refractivity contribution in [3.63, 3.8) is 0 Å². The minimum Gasteiger partial charge on any atom is -0.480 e. The number of primary amides is 1. The number of aliphatic hydroxyl groups is 1. The highest BCUT2D eigenvalue weighted by molar-refractivity contribution is 8.00. The van der Waals surface area contributed by atoms with Crippen LogP contribution in [0.2, 0.25) is 0 Å². The molecule has 7 atom stereocenters. The van der Waals surface area contributed by atoms with Gasteiger partial charge in [-0.2, -0.15) is 0 Å². The second-order valence-electron chi connectivity index (χ2n) is 12.9. The quantitative estimate of drug-likeness (QED) is 0.0270. The fourth-order valence-electron chi connectivity index (χ4n) is 5.51. The summed E-state index contributed by atoms with van der Waals surface area (Å²) in [6.45, 7) is 2.97. The molecule has 2 aliphatic heterocycles. The van der Waals surface area contributed by atoms with Crippen LogP contribution >= 0.6 is 11.8 Å². The highest BCUT2D eigenvalue weighted by Gasteiger charge is 2.66. The molecule has 0 aromatic heterocycles. The molecule has 2 unspecified atom stereocenters. The van der Waals surface area contributed by atoms with Crippen molar-refractivity contribution >= 4 is 59.2 Å². The third-order valence-corrected chi connectivity index (χ3v) is 9.87. The number of carboxylic acid groups (broad SMARTS) is 2. The number of carbonyl (C=O) groups is 8. The first kappa shape index (κ1) is 44.8. The summed E-state index contributed by atoms with van der Waals surface area (Å²) in [7, 11) is 1.15. The number of aliphatic hydroxyl groups excluding tert-OH is 1. The molecular weight excluding hydrogens is 724 g/mol. The number of thioether (sulfide) groups is 1.